The first-order valence-electron chi connectivity index (χ1n) is 6.43. The molecule has 1 aromatic carbocycles. The first-order valence-corrected chi connectivity index (χ1v) is 6.43. The molecular formula is C14H15F2NO3. The van der Waals surface area contributed by atoms with Crippen LogP contribution in [0.5, 0.6) is 0 Å². The number of rotatable bonds is 4. The van der Waals surface area contributed by atoms with Crippen LogP contribution in [0, 0.1) is 17.6 Å². The molecule has 0 spiro atoms. The minimum atomic E-state index is -1.00. The molecule has 20 heavy (non-hydrogen) atoms. The summed E-state index contributed by atoms with van der Waals surface area (Å²) in [7, 11) is 0. The highest BCUT2D eigenvalue weighted by Gasteiger charge is 2.33. The van der Waals surface area contributed by atoms with Gasteiger partial charge in [-0.05, 0) is 30.5 Å². The zero-order valence-corrected chi connectivity index (χ0v) is 10.7. The van der Waals surface area contributed by atoms with Crippen LogP contribution in [0.3, 0.4) is 0 Å². The van der Waals surface area contributed by atoms with Gasteiger partial charge in [0.2, 0.25) is 5.91 Å². The van der Waals surface area contributed by atoms with Gasteiger partial charge in [0.05, 0.1) is 12.3 Å². The van der Waals surface area contributed by atoms with Gasteiger partial charge in [0.25, 0.3) is 0 Å². The van der Waals surface area contributed by atoms with Gasteiger partial charge < -0.3 is 10.4 Å². The Kier molecular flexibility index (Phi) is 4.32. The van der Waals surface area contributed by atoms with Crippen LogP contribution in [0.2, 0.25) is 0 Å². The van der Waals surface area contributed by atoms with E-state index in [0.717, 1.165) is 18.6 Å². The molecule has 0 radical (unpaired) electrons. The third-order valence-electron chi connectivity index (χ3n) is 3.53. The van der Waals surface area contributed by atoms with Gasteiger partial charge in [0, 0.05) is 6.04 Å². The highest BCUT2D eigenvalue weighted by molar-refractivity contribution is 5.80. The Balaban J connectivity index is 1.95. The zero-order valence-electron chi connectivity index (χ0n) is 10.7. The van der Waals surface area contributed by atoms with Crippen molar-refractivity contribution in [2.24, 2.45) is 5.92 Å². The largest absolute Gasteiger partial charge is 0.481 e. The van der Waals surface area contributed by atoms with Crippen LogP contribution in [0.15, 0.2) is 18.2 Å². The summed E-state index contributed by atoms with van der Waals surface area (Å²) in [6.07, 6.45) is 1.83. The van der Waals surface area contributed by atoms with Crippen LogP contribution >= 0.6 is 0 Å². The lowest BCUT2D eigenvalue weighted by molar-refractivity contribution is -0.142. The van der Waals surface area contributed by atoms with E-state index in [1.807, 2.05) is 0 Å². The number of amides is 1. The number of nitrogens with one attached hydrogen (secondary N) is 1. The Morgan fingerprint density at radius 2 is 2.00 bits per heavy atom. The lowest BCUT2D eigenvalue weighted by atomic mass is 10.0. The van der Waals surface area contributed by atoms with Crippen molar-refractivity contribution in [1.29, 1.82) is 0 Å². The molecule has 1 aromatic rings. The van der Waals surface area contributed by atoms with Gasteiger partial charge in [0.1, 0.15) is 0 Å². The molecule has 6 heteroatoms. The van der Waals surface area contributed by atoms with Crippen LogP contribution in [-0.4, -0.2) is 23.0 Å². The molecule has 2 rings (SSSR count). The average Bonchev–Trinajstić information content (AvgIpc) is 2.82. The monoisotopic (exact) mass is 283 g/mol. The van der Waals surface area contributed by atoms with Gasteiger partial charge in [-0.25, -0.2) is 8.78 Å². The third kappa shape index (κ3) is 3.31. The maximum atomic E-state index is 13.0. The second-order valence-corrected chi connectivity index (χ2v) is 4.97. The normalized spacial score (nSPS) is 21.7. The van der Waals surface area contributed by atoms with E-state index in [9.17, 15) is 18.4 Å². The lowest BCUT2D eigenvalue weighted by Crippen LogP contribution is -2.40. The predicted molar refractivity (Wildman–Crippen MR) is 67.0 cm³/mol. The lowest BCUT2D eigenvalue weighted by Gasteiger charge is -2.17. The Morgan fingerprint density at radius 3 is 2.65 bits per heavy atom. The second kappa shape index (κ2) is 5.98. The first-order chi connectivity index (χ1) is 9.47. The second-order valence-electron chi connectivity index (χ2n) is 4.97. The number of aliphatic carboxylic acids is 1. The molecule has 1 fully saturated rings. The molecule has 2 atom stereocenters. The van der Waals surface area contributed by atoms with E-state index in [-0.39, 0.29) is 18.4 Å². The van der Waals surface area contributed by atoms with Gasteiger partial charge >= 0.3 is 5.97 Å². The minimum absolute atomic E-state index is 0.0972. The van der Waals surface area contributed by atoms with Crippen LogP contribution in [0.4, 0.5) is 8.78 Å². The number of benzene rings is 1. The molecule has 0 bridgehead atoms. The Bertz CT molecular complexity index is 533. The van der Waals surface area contributed by atoms with Crippen molar-refractivity contribution in [3.63, 3.8) is 0 Å². The number of carboxylic acid groups (broad SMARTS) is 1. The Hall–Kier alpha value is -1.98. The molecule has 1 saturated carbocycles. The van der Waals surface area contributed by atoms with Crippen LogP contribution < -0.4 is 5.32 Å². The van der Waals surface area contributed by atoms with Crippen molar-refractivity contribution in [2.45, 2.75) is 31.7 Å². The highest BCUT2D eigenvalue weighted by Crippen LogP contribution is 2.25. The maximum absolute atomic E-state index is 13.0. The molecule has 0 heterocycles. The smallest absolute Gasteiger partial charge is 0.308 e. The summed E-state index contributed by atoms with van der Waals surface area (Å²) in [6.45, 7) is 0. The van der Waals surface area contributed by atoms with E-state index >= 15 is 0 Å². The molecule has 1 amide bonds. The summed E-state index contributed by atoms with van der Waals surface area (Å²) in [5, 5.41) is 11.7. The number of halogens is 2. The fourth-order valence-corrected chi connectivity index (χ4v) is 2.52. The van der Waals surface area contributed by atoms with Gasteiger partial charge in [-0.3, -0.25) is 9.59 Å². The summed E-state index contributed by atoms with van der Waals surface area (Å²) in [5.74, 6) is -3.82. The summed E-state index contributed by atoms with van der Waals surface area (Å²) in [5.41, 5.74) is 0.353. The Morgan fingerprint density at radius 1 is 1.25 bits per heavy atom. The minimum Gasteiger partial charge on any atom is -0.481 e. The molecule has 108 valence electrons. The summed E-state index contributed by atoms with van der Waals surface area (Å²) < 4.78 is 25.8. The number of hydrogen-bond donors (Lipinski definition) is 2. The van der Waals surface area contributed by atoms with Crippen molar-refractivity contribution >= 4 is 11.9 Å². The van der Waals surface area contributed by atoms with Gasteiger partial charge in [-0.2, -0.15) is 0 Å². The van der Waals surface area contributed by atoms with Gasteiger partial charge in [-0.1, -0.05) is 12.5 Å². The summed E-state index contributed by atoms with van der Waals surface area (Å²) in [6, 6.07) is 2.89. The van der Waals surface area contributed by atoms with Crippen molar-refractivity contribution in [3.8, 4) is 0 Å². The quantitative estimate of drug-likeness (QED) is 0.886. The fourth-order valence-electron chi connectivity index (χ4n) is 2.52. The highest BCUT2D eigenvalue weighted by atomic mass is 19.2. The number of carboxylic acids is 1. The number of carbonyl (C=O) groups excluding carboxylic acids is 1. The number of hydrogen-bond acceptors (Lipinski definition) is 2. The topological polar surface area (TPSA) is 66.4 Å². The van der Waals surface area contributed by atoms with Crippen LogP contribution in [0.1, 0.15) is 24.8 Å². The van der Waals surface area contributed by atoms with Crippen molar-refractivity contribution < 1.29 is 23.5 Å². The zero-order chi connectivity index (χ0) is 14.7. The van der Waals surface area contributed by atoms with E-state index < -0.39 is 23.5 Å². The van der Waals surface area contributed by atoms with E-state index in [1.54, 1.807) is 0 Å². The van der Waals surface area contributed by atoms with E-state index in [2.05, 4.69) is 5.32 Å². The third-order valence-corrected chi connectivity index (χ3v) is 3.53. The average molecular weight is 283 g/mol. The first kappa shape index (κ1) is 14.4. The number of carbonyl (C=O) groups is 2. The molecule has 1 aliphatic rings. The maximum Gasteiger partial charge on any atom is 0.308 e. The molecule has 1 aliphatic carbocycles. The van der Waals surface area contributed by atoms with E-state index in [4.69, 9.17) is 5.11 Å². The SMILES string of the molecule is O=C(Cc1ccc(F)c(F)c1)NC1CCCC1C(=O)O. The van der Waals surface area contributed by atoms with E-state index in [0.29, 0.717) is 18.4 Å². The van der Waals surface area contributed by atoms with Crippen molar-refractivity contribution in [2.75, 3.05) is 0 Å². The van der Waals surface area contributed by atoms with Crippen LogP contribution in [0.25, 0.3) is 0 Å². The van der Waals surface area contributed by atoms with Gasteiger partial charge in [0.15, 0.2) is 11.6 Å². The molecule has 0 saturated heterocycles. The summed E-state index contributed by atoms with van der Waals surface area (Å²) in [4.78, 5) is 22.8. The van der Waals surface area contributed by atoms with Crippen LogP contribution in [-0.2, 0) is 16.0 Å². The standard InChI is InChI=1S/C14H15F2NO3/c15-10-5-4-8(6-11(10)16)7-13(18)17-12-3-1-2-9(12)14(19)20/h4-6,9,12H,1-3,7H2,(H,17,18)(H,19,20). The fraction of sp³-hybridized carbons (Fsp3) is 0.429. The van der Waals surface area contributed by atoms with Crippen molar-refractivity contribution in [1.82, 2.24) is 5.32 Å². The molecule has 4 nitrogen and oxygen atoms in total. The molecule has 0 aromatic heterocycles. The predicted octanol–water partition coefficient (Wildman–Crippen LogP) is 1.88. The Labute approximate surface area is 114 Å². The molecular weight excluding hydrogens is 268 g/mol. The molecule has 0 aliphatic heterocycles. The van der Waals surface area contributed by atoms with Gasteiger partial charge in [-0.15, -0.1) is 0 Å². The van der Waals surface area contributed by atoms with Crippen molar-refractivity contribution in [3.05, 3.63) is 35.4 Å². The molecule has 2 N–H and O–H groups in total. The van der Waals surface area contributed by atoms with E-state index in [1.165, 1.54) is 6.07 Å². The summed E-state index contributed by atoms with van der Waals surface area (Å²) >= 11 is 0. The molecule has 2 unspecified atom stereocenters.